The van der Waals surface area contributed by atoms with Crippen LogP contribution in [0.5, 0.6) is 0 Å². The molecule has 0 aliphatic heterocycles. The zero-order valence-electron chi connectivity index (χ0n) is 13.0. The van der Waals surface area contributed by atoms with Crippen LogP contribution in [-0.2, 0) is 28.7 Å². The van der Waals surface area contributed by atoms with E-state index in [9.17, 15) is 19.2 Å². The zero-order valence-corrected chi connectivity index (χ0v) is 15.0. The average molecular weight is 276 g/mol. The summed E-state index contributed by atoms with van der Waals surface area (Å²) in [6.07, 6.45) is -0.150. The van der Waals surface area contributed by atoms with E-state index >= 15 is 0 Å². The number of methoxy groups -OCH3 is 1. The van der Waals surface area contributed by atoms with Crippen LogP contribution in [0.25, 0.3) is 0 Å². The van der Waals surface area contributed by atoms with Crippen LogP contribution < -0.4 is 59.1 Å². The molecule has 1 rings (SSSR count). The van der Waals surface area contributed by atoms with Gasteiger partial charge in [-0.1, -0.05) is 0 Å². The number of Topliss-reactive ketones (excluding diaryl/α,β-unsaturated/α-hetero) is 2. The fourth-order valence-electron chi connectivity index (χ4n) is 1.58. The standard InChI is InChI=1S/C10H12O6.2Na.2H/c1-3-16-10(14)6-4-5(9(13)15-2)7(11)8(6)12;;;;/h5-6H,3-4H2,1-2H3;;;;/q;2*+1;2*-1. The Hall–Kier alpha value is 0.280. The molecule has 6 nitrogen and oxygen atoms in total. The van der Waals surface area contributed by atoms with Gasteiger partial charge in [-0.25, -0.2) is 0 Å². The Morgan fingerprint density at radius 2 is 1.61 bits per heavy atom. The number of hydrogen-bond donors (Lipinski definition) is 0. The van der Waals surface area contributed by atoms with Crippen molar-refractivity contribution in [2.45, 2.75) is 13.3 Å². The van der Waals surface area contributed by atoms with Crippen molar-refractivity contribution in [3.8, 4) is 0 Å². The van der Waals surface area contributed by atoms with E-state index in [1.807, 2.05) is 0 Å². The first-order chi connectivity index (χ1) is 7.52. The molecular weight excluding hydrogens is 262 g/mol. The molecule has 8 heteroatoms. The van der Waals surface area contributed by atoms with Crippen molar-refractivity contribution in [3.05, 3.63) is 0 Å². The first kappa shape index (κ1) is 20.6. The second-order valence-electron chi connectivity index (χ2n) is 3.34. The molecule has 0 N–H and O–H groups in total. The van der Waals surface area contributed by atoms with Gasteiger partial charge in [-0.2, -0.15) is 0 Å². The molecule has 0 saturated heterocycles. The molecule has 2 atom stereocenters. The minimum absolute atomic E-state index is 0. The summed E-state index contributed by atoms with van der Waals surface area (Å²) in [4.78, 5) is 45.2. The number of carbonyl (C=O) groups is 4. The summed E-state index contributed by atoms with van der Waals surface area (Å²) in [6.45, 7) is 1.72. The molecule has 0 aromatic heterocycles. The molecule has 1 fully saturated rings. The summed E-state index contributed by atoms with van der Waals surface area (Å²) < 4.78 is 9.02. The van der Waals surface area contributed by atoms with E-state index in [-0.39, 0.29) is 75.0 Å². The zero-order chi connectivity index (χ0) is 12.3. The van der Waals surface area contributed by atoms with Crippen LogP contribution in [0.2, 0.25) is 0 Å². The van der Waals surface area contributed by atoms with Crippen molar-refractivity contribution in [1.82, 2.24) is 0 Å². The number of rotatable bonds is 3. The normalized spacial score (nSPS) is 21.7. The molecule has 0 bridgehead atoms. The van der Waals surface area contributed by atoms with Gasteiger partial charge in [-0.05, 0) is 13.3 Å². The van der Waals surface area contributed by atoms with Crippen molar-refractivity contribution in [3.63, 3.8) is 0 Å². The van der Waals surface area contributed by atoms with Crippen LogP contribution in [0.4, 0.5) is 0 Å². The van der Waals surface area contributed by atoms with Crippen LogP contribution in [0, 0.1) is 11.8 Å². The molecule has 0 heterocycles. The fourth-order valence-corrected chi connectivity index (χ4v) is 1.58. The van der Waals surface area contributed by atoms with Crippen LogP contribution in [0.15, 0.2) is 0 Å². The van der Waals surface area contributed by atoms with Crippen LogP contribution in [0.1, 0.15) is 16.2 Å². The molecule has 0 aromatic rings. The minimum atomic E-state index is -1.16. The van der Waals surface area contributed by atoms with Gasteiger partial charge in [0.25, 0.3) is 0 Å². The number of ketones is 2. The Labute approximate surface area is 152 Å². The van der Waals surface area contributed by atoms with E-state index in [0.717, 1.165) is 7.11 Å². The van der Waals surface area contributed by atoms with Crippen LogP contribution >= 0.6 is 0 Å². The summed E-state index contributed by atoms with van der Waals surface area (Å²) in [6, 6.07) is 0. The molecule has 2 unspecified atom stereocenters. The molecule has 92 valence electrons. The van der Waals surface area contributed by atoms with E-state index in [4.69, 9.17) is 0 Å². The number of ether oxygens (including phenoxy) is 2. The second kappa shape index (κ2) is 9.23. The maximum absolute atomic E-state index is 11.4. The van der Waals surface area contributed by atoms with Crippen molar-refractivity contribution >= 4 is 23.5 Å². The predicted octanol–water partition coefficient (Wildman–Crippen LogP) is -6.27. The Morgan fingerprint density at radius 1 is 1.17 bits per heavy atom. The predicted molar refractivity (Wildman–Crippen MR) is 52.5 cm³/mol. The molecule has 0 aromatic carbocycles. The van der Waals surface area contributed by atoms with Gasteiger partial charge in [0.15, 0.2) is 0 Å². The number of esters is 2. The number of carbonyl (C=O) groups excluding carboxylic acids is 4. The summed E-state index contributed by atoms with van der Waals surface area (Å²) in [5, 5.41) is 0. The van der Waals surface area contributed by atoms with Gasteiger partial charge < -0.3 is 12.3 Å². The van der Waals surface area contributed by atoms with E-state index in [0.29, 0.717) is 0 Å². The molecular formula is C10H14Na2O6. The summed E-state index contributed by atoms with van der Waals surface area (Å²) in [5.41, 5.74) is 0. The maximum Gasteiger partial charge on any atom is 1.00 e. The molecule has 18 heavy (non-hydrogen) atoms. The van der Waals surface area contributed by atoms with Gasteiger partial charge >= 0.3 is 71.1 Å². The topological polar surface area (TPSA) is 86.7 Å². The first-order valence-electron chi connectivity index (χ1n) is 4.85. The molecule has 1 aliphatic carbocycles. The van der Waals surface area contributed by atoms with E-state index < -0.39 is 35.3 Å². The third-order valence-corrected chi connectivity index (χ3v) is 2.40. The molecule has 1 aliphatic rings. The van der Waals surface area contributed by atoms with Crippen molar-refractivity contribution < 1.29 is 90.6 Å². The molecule has 1 saturated carbocycles. The van der Waals surface area contributed by atoms with E-state index in [1.165, 1.54) is 0 Å². The van der Waals surface area contributed by atoms with Gasteiger partial charge in [-0.3, -0.25) is 19.2 Å². The van der Waals surface area contributed by atoms with Crippen molar-refractivity contribution in [2.75, 3.05) is 13.7 Å². The van der Waals surface area contributed by atoms with Gasteiger partial charge in [0, 0.05) is 0 Å². The summed E-state index contributed by atoms with van der Waals surface area (Å²) >= 11 is 0. The Kier molecular flexibility index (Phi) is 10.6. The summed E-state index contributed by atoms with van der Waals surface area (Å²) in [5.74, 6) is -5.60. The van der Waals surface area contributed by atoms with E-state index in [1.54, 1.807) is 6.92 Å². The second-order valence-corrected chi connectivity index (χ2v) is 3.34. The smallest absolute Gasteiger partial charge is 1.00 e. The van der Waals surface area contributed by atoms with Crippen molar-refractivity contribution in [1.29, 1.82) is 0 Å². The molecule has 0 amide bonds. The monoisotopic (exact) mass is 276 g/mol. The third kappa shape index (κ3) is 4.43. The van der Waals surface area contributed by atoms with E-state index in [2.05, 4.69) is 9.47 Å². The maximum atomic E-state index is 11.4. The van der Waals surface area contributed by atoms with Gasteiger partial charge in [-0.15, -0.1) is 0 Å². The van der Waals surface area contributed by atoms with Crippen molar-refractivity contribution in [2.24, 2.45) is 11.8 Å². The van der Waals surface area contributed by atoms with Crippen LogP contribution in [0.3, 0.4) is 0 Å². The Balaban J connectivity index is -0.000000320. The average Bonchev–Trinajstić information content (AvgIpc) is 2.56. The SMILES string of the molecule is CCOC(=O)C1CC(C(=O)OC)C(=O)C1=O.[H-].[H-].[Na+].[Na+]. The number of hydrogen-bond acceptors (Lipinski definition) is 6. The molecule has 0 radical (unpaired) electrons. The largest absolute Gasteiger partial charge is 1.00 e. The third-order valence-electron chi connectivity index (χ3n) is 2.40. The summed E-state index contributed by atoms with van der Waals surface area (Å²) in [7, 11) is 1.12. The quantitative estimate of drug-likeness (QED) is 0.221. The van der Waals surface area contributed by atoms with Gasteiger partial charge in [0.2, 0.25) is 11.6 Å². The minimum Gasteiger partial charge on any atom is -1.00 e. The fraction of sp³-hybridized carbons (Fsp3) is 0.600. The Morgan fingerprint density at radius 3 is 2.00 bits per heavy atom. The first-order valence-corrected chi connectivity index (χ1v) is 4.85. The van der Waals surface area contributed by atoms with Gasteiger partial charge in [0.05, 0.1) is 13.7 Å². The Bertz CT molecular complexity index is 364. The molecule has 0 spiro atoms. The van der Waals surface area contributed by atoms with Gasteiger partial charge in [0.1, 0.15) is 11.8 Å². The van der Waals surface area contributed by atoms with Crippen LogP contribution in [-0.4, -0.2) is 37.2 Å².